The van der Waals surface area contributed by atoms with Gasteiger partial charge in [0, 0.05) is 61.8 Å². The molecule has 2 aromatic carbocycles. The smallest absolute Gasteiger partial charge is 0.324 e. The number of carbonyl (C=O) groups is 2. The fourth-order valence-corrected chi connectivity index (χ4v) is 7.19. The van der Waals surface area contributed by atoms with Crippen molar-refractivity contribution in [3.8, 4) is 22.9 Å². The number of Topliss-reactive ketones (excluding diaryl/α,β-unsaturated/α-hetero) is 1. The van der Waals surface area contributed by atoms with Crippen molar-refractivity contribution in [1.29, 1.82) is 0 Å². The predicted molar refractivity (Wildman–Crippen MR) is 163 cm³/mol. The van der Waals surface area contributed by atoms with E-state index < -0.39 is 11.4 Å². The number of rotatable bonds is 6. The molecule has 0 aliphatic carbocycles. The molecule has 224 valence electrons. The Kier molecular flexibility index (Phi) is 6.23. The van der Waals surface area contributed by atoms with Crippen LogP contribution in [0.3, 0.4) is 0 Å². The van der Waals surface area contributed by atoms with Gasteiger partial charge >= 0.3 is 5.97 Å². The molecule has 0 bridgehead atoms. The van der Waals surface area contributed by atoms with Gasteiger partial charge in [0.1, 0.15) is 6.61 Å². The highest BCUT2D eigenvalue weighted by Gasteiger charge is 2.52. The number of cyclic esters (lactones) is 1. The summed E-state index contributed by atoms with van der Waals surface area (Å²) < 4.78 is 18.2. The first kappa shape index (κ1) is 26.9. The van der Waals surface area contributed by atoms with Crippen molar-refractivity contribution in [2.45, 2.75) is 38.3 Å². The lowest BCUT2D eigenvalue weighted by atomic mass is 9.70. The lowest BCUT2D eigenvalue weighted by Gasteiger charge is -2.38. The number of aromatic nitrogens is 2. The molecule has 4 aliphatic heterocycles. The van der Waals surface area contributed by atoms with Gasteiger partial charge in [-0.05, 0) is 42.3 Å². The molecule has 4 aromatic rings. The maximum absolute atomic E-state index is 14.1. The summed E-state index contributed by atoms with van der Waals surface area (Å²) in [7, 11) is 0. The number of piperazine rings is 1. The van der Waals surface area contributed by atoms with Gasteiger partial charge in [0.25, 0.3) is 5.56 Å². The van der Waals surface area contributed by atoms with Gasteiger partial charge in [0.2, 0.25) is 6.79 Å². The molecule has 10 heteroatoms. The Morgan fingerprint density at radius 2 is 1.77 bits per heavy atom. The molecule has 1 atom stereocenters. The standard InChI is InChI=1S/C34H32N4O6/c1-2-34(30(39)9-10-36-11-13-37(14-12-36)23-7-8-28-29(16-23)44-20-43-28)25-17-27-31-22(15-21-5-3-4-6-26(21)35-31)18-38(27)32(40)24(25)19-42-33(34)41/h3-8,15-17H,2,9-14,18-20H2,1H3/t34-/m1/s1. The number of ether oxygens (including phenoxy) is 3. The molecule has 0 unspecified atom stereocenters. The van der Waals surface area contributed by atoms with Crippen molar-refractivity contribution in [2.24, 2.45) is 0 Å². The van der Waals surface area contributed by atoms with Gasteiger partial charge in [-0.2, -0.15) is 0 Å². The third kappa shape index (κ3) is 4.04. The summed E-state index contributed by atoms with van der Waals surface area (Å²) in [6.45, 7) is 6.05. The Morgan fingerprint density at radius 1 is 0.955 bits per heavy atom. The van der Waals surface area contributed by atoms with E-state index in [-0.39, 0.29) is 37.6 Å². The average Bonchev–Trinajstić information content (AvgIpc) is 3.67. The monoisotopic (exact) mass is 592 g/mol. The van der Waals surface area contributed by atoms with Gasteiger partial charge in [-0.1, -0.05) is 25.1 Å². The highest BCUT2D eigenvalue weighted by Crippen LogP contribution is 2.41. The minimum Gasteiger partial charge on any atom is -0.460 e. The largest absolute Gasteiger partial charge is 0.460 e. The van der Waals surface area contributed by atoms with E-state index in [0.717, 1.165) is 65.5 Å². The molecular formula is C34H32N4O6. The number of hydrogen-bond donors (Lipinski definition) is 0. The van der Waals surface area contributed by atoms with Crippen LogP contribution in [0.1, 0.15) is 36.5 Å². The summed E-state index contributed by atoms with van der Waals surface area (Å²) in [6.07, 6.45) is 0.404. The Hall–Kier alpha value is -4.70. The van der Waals surface area contributed by atoms with Gasteiger partial charge in [-0.15, -0.1) is 0 Å². The number of para-hydroxylation sites is 1. The molecule has 0 N–H and O–H groups in total. The van der Waals surface area contributed by atoms with Crippen LogP contribution in [-0.4, -0.2) is 65.7 Å². The number of anilines is 1. The second-order valence-electron chi connectivity index (χ2n) is 11.9. The maximum Gasteiger partial charge on any atom is 0.324 e. The summed E-state index contributed by atoms with van der Waals surface area (Å²) in [5.74, 6) is 0.746. The first-order valence-electron chi connectivity index (χ1n) is 15.2. The zero-order valence-electron chi connectivity index (χ0n) is 24.5. The first-order chi connectivity index (χ1) is 21.5. The van der Waals surface area contributed by atoms with Crippen molar-refractivity contribution in [1.82, 2.24) is 14.5 Å². The minimum atomic E-state index is -1.52. The van der Waals surface area contributed by atoms with Crippen LogP contribution in [0.2, 0.25) is 0 Å². The zero-order valence-corrected chi connectivity index (χ0v) is 24.5. The number of nitrogens with zero attached hydrogens (tertiary/aromatic N) is 4. The second kappa shape index (κ2) is 10.2. The molecule has 4 aliphatic rings. The molecule has 2 aromatic heterocycles. The quantitative estimate of drug-likeness (QED) is 0.216. The number of benzene rings is 2. The Bertz CT molecular complexity index is 1910. The molecule has 1 fully saturated rings. The molecule has 44 heavy (non-hydrogen) atoms. The molecule has 10 nitrogen and oxygen atoms in total. The van der Waals surface area contributed by atoms with Gasteiger partial charge in [0.15, 0.2) is 22.7 Å². The van der Waals surface area contributed by atoms with E-state index in [1.807, 2.05) is 55.5 Å². The van der Waals surface area contributed by atoms with Crippen molar-refractivity contribution >= 4 is 28.3 Å². The fourth-order valence-electron chi connectivity index (χ4n) is 7.19. The second-order valence-corrected chi connectivity index (χ2v) is 11.9. The number of ketones is 1. The zero-order chi connectivity index (χ0) is 30.0. The molecule has 0 radical (unpaired) electrons. The van der Waals surface area contributed by atoms with Crippen molar-refractivity contribution in [3.63, 3.8) is 0 Å². The van der Waals surface area contributed by atoms with E-state index in [1.54, 1.807) is 4.57 Å². The summed E-state index contributed by atoms with van der Waals surface area (Å²) in [4.78, 5) is 50.9. The van der Waals surface area contributed by atoms with Gasteiger partial charge in [-0.25, -0.2) is 4.98 Å². The third-order valence-electron chi connectivity index (χ3n) is 9.69. The summed E-state index contributed by atoms with van der Waals surface area (Å²) in [5.41, 5.74) is 3.36. The van der Waals surface area contributed by atoms with E-state index in [9.17, 15) is 14.4 Å². The predicted octanol–water partition coefficient (Wildman–Crippen LogP) is 3.64. The minimum absolute atomic E-state index is 0.129. The Morgan fingerprint density at radius 3 is 2.61 bits per heavy atom. The summed E-state index contributed by atoms with van der Waals surface area (Å²) >= 11 is 0. The van der Waals surface area contributed by atoms with Gasteiger partial charge < -0.3 is 23.7 Å². The van der Waals surface area contributed by atoms with Crippen LogP contribution in [0.4, 0.5) is 5.69 Å². The van der Waals surface area contributed by atoms with Crippen LogP contribution in [0.25, 0.3) is 22.3 Å². The van der Waals surface area contributed by atoms with Crippen LogP contribution >= 0.6 is 0 Å². The number of carbonyl (C=O) groups excluding carboxylic acids is 2. The van der Waals surface area contributed by atoms with Crippen LogP contribution in [0.5, 0.6) is 11.5 Å². The van der Waals surface area contributed by atoms with Crippen LogP contribution < -0.4 is 19.9 Å². The van der Waals surface area contributed by atoms with Crippen LogP contribution in [0.15, 0.2) is 59.4 Å². The molecule has 0 spiro atoms. The van der Waals surface area contributed by atoms with Crippen LogP contribution in [-0.2, 0) is 32.9 Å². The lowest BCUT2D eigenvalue weighted by molar-refractivity contribution is -0.158. The first-order valence-corrected chi connectivity index (χ1v) is 15.2. The molecule has 0 saturated carbocycles. The van der Waals surface area contributed by atoms with E-state index >= 15 is 0 Å². The molecule has 6 heterocycles. The van der Waals surface area contributed by atoms with Crippen molar-refractivity contribution < 1.29 is 23.8 Å². The maximum atomic E-state index is 14.1. The molecular weight excluding hydrogens is 560 g/mol. The van der Waals surface area contributed by atoms with Gasteiger partial charge in [0.05, 0.1) is 29.0 Å². The van der Waals surface area contributed by atoms with E-state index in [4.69, 9.17) is 19.2 Å². The average molecular weight is 593 g/mol. The fraction of sp³-hybridized carbons (Fsp3) is 0.353. The SMILES string of the molecule is CC[C@@]1(C(=O)CCN2CCN(c3ccc4c(c3)OCO4)CC2)C(=O)OCc2c1cc1n(c2=O)Cc2cc3ccccc3nc2-1. The number of esters is 1. The highest BCUT2D eigenvalue weighted by molar-refractivity contribution is 6.10. The molecule has 1 saturated heterocycles. The van der Waals surface area contributed by atoms with Crippen molar-refractivity contribution in [3.05, 3.63) is 81.6 Å². The van der Waals surface area contributed by atoms with E-state index in [1.165, 1.54) is 0 Å². The Balaban J connectivity index is 1.04. The van der Waals surface area contributed by atoms with Crippen LogP contribution in [0, 0.1) is 0 Å². The lowest BCUT2D eigenvalue weighted by Crippen LogP contribution is -2.51. The summed E-state index contributed by atoms with van der Waals surface area (Å²) in [6, 6.07) is 17.8. The van der Waals surface area contributed by atoms with E-state index in [0.29, 0.717) is 29.9 Å². The highest BCUT2D eigenvalue weighted by atomic mass is 16.7. The van der Waals surface area contributed by atoms with Crippen molar-refractivity contribution in [2.75, 3.05) is 44.4 Å². The Labute approximate surface area is 253 Å². The number of fused-ring (bicyclic) bond motifs is 6. The number of hydrogen-bond acceptors (Lipinski definition) is 9. The van der Waals surface area contributed by atoms with E-state index in [2.05, 4.69) is 15.9 Å². The van der Waals surface area contributed by atoms with Gasteiger partial charge in [-0.3, -0.25) is 19.3 Å². The third-order valence-corrected chi connectivity index (χ3v) is 9.69. The molecule has 8 rings (SSSR count). The topological polar surface area (TPSA) is 103 Å². The normalized spacial score (nSPS) is 20.3. The number of pyridine rings is 2. The molecule has 0 amide bonds. The summed E-state index contributed by atoms with van der Waals surface area (Å²) in [5, 5.41) is 1.00.